The summed E-state index contributed by atoms with van der Waals surface area (Å²) in [6.07, 6.45) is -1.01. The molecule has 1 amide bonds. The Labute approximate surface area is 109 Å². The monoisotopic (exact) mass is 267 g/mol. The molecule has 1 aromatic rings. The molecule has 5 nitrogen and oxygen atoms in total. The Kier molecular flexibility index (Phi) is 3.69. The van der Waals surface area contributed by atoms with E-state index in [0.29, 0.717) is 5.56 Å². The van der Waals surface area contributed by atoms with Crippen LogP contribution in [0.4, 0.5) is 9.18 Å². The quantitative estimate of drug-likeness (QED) is 0.830. The zero-order valence-electron chi connectivity index (χ0n) is 10.4. The molecule has 0 saturated heterocycles. The predicted octanol–water partition coefficient (Wildman–Crippen LogP) is 1.79. The van der Waals surface area contributed by atoms with Gasteiger partial charge in [-0.15, -0.1) is 0 Å². The van der Waals surface area contributed by atoms with Gasteiger partial charge in [-0.2, -0.15) is 0 Å². The van der Waals surface area contributed by atoms with E-state index in [1.165, 1.54) is 12.1 Å². The molecule has 6 heteroatoms. The van der Waals surface area contributed by atoms with Gasteiger partial charge in [0.05, 0.1) is 13.2 Å². The first-order valence-electron chi connectivity index (χ1n) is 5.96. The van der Waals surface area contributed by atoms with Crippen LogP contribution < -0.4 is 0 Å². The van der Waals surface area contributed by atoms with Crippen LogP contribution in [0.15, 0.2) is 18.2 Å². The van der Waals surface area contributed by atoms with E-state index in [9.17, 15) is 14.0 Å². The number of nitrogens with zero attached hydrogens (tertiary/aromatic N) is 1. The van der Waals surface area contributed by atoms with Crippen molar-refractivity contribution < 1.29 is 23.8 Å². The highest BCUT2D eigenvalue weighted by Gasteiger charge is 2.35. The van der Waals surface area contributed by atoms with Gasteiger partial charge in [0.2, 0.25) is 0 Å². The first-order chi connectivity index (χ1) is 9.02. The lowest BCUT2D eigenvalue weighted by Crippen LogP contribution is -2.48. The molecule has 0 spiro atoms. The summed E-state index contributed by atoms with van der Waals surface area (Å²) < 4.78 is 18.0. The van der Waals surface area contributed by atoms with Crippen molar-refractivity contribution in [3.63, 3.8) is 0 Å². The maximum absolute atomic E-state index is 13.1. The Hall–Kier alpha value is -2.11. The fraction of sp³-hybridized carbons (Fsp3) is 0.385. The molecule has 0 aliphatic carbocycles. The van der Waals surface area contributed by atoms with Crippen molar-refractivity contribution in [1.82, 2.24) is 4.90 Å². The van der Waals surface area contributed by atoms with E-state index >= 15 is 0 Å². The number of esters is 1. The number of carbonyl (C=O) groups is 2. The fourth-order valence-corrected chi connectivity index (χ4v) is 2.20. The van der Waals surface area contributed by atoms with Gasteiger partial charge in [0, 0.05) is 6.42 Å². The number of hydrogen-bond donors (Lipinski definition) is 1. The molecule has 0 unspecified atom stereocenters. The lowest BCUT2D eigenvalue weighted by Gasteiger charge is -2.33. The molecule has 1 N–H and O–H groups in total. The number of fused-ring (bicyclic) bond motifs is 1. The van der Waals surface area contributed by atoms with Crippen LogP contribution in [-0.4, -0.2) is 34.7 Å². The van der Waals surface area contributed by atoms with Crippen molar-refractivity contribution in [2.75, 3.05) is 6.61 Å². The molecule has 1 aliphatic heterocycles. The summed E-state index contributed by atoms with van der Waals surface area (Å²) in [7, 11) is 0. The summed E-state index contributed by atoms with van der Waals surface area (Å²) in [5, 5.41) is 9.15. The molecule has 0 aromatic heterocycles. The minimum atomic E-state index is -1.21. The van der Waals surface area contributed by atoms with Crippen molar-refractivity contribution in [3.8, 4) is 0 Å². The number of amides is 1. The lowest BCUT2D eigenvalue weighted by molar-refractivity contribution is -0.149. The van der Waals surface area contributed by atoms with Crippen LogP contribution in [0.5, 0.6) is 0 Å². The number of carboxylic acid groups (broad SMARTS) is 1. The molecule has 1 heterocycles. The van der Waals surface area contributed by atoms with Crippen molar-refractivity contribution >= 4 is 12.1 Å². The maximum Gasteiger partial charge on any atom is 0.408 e. The number of carbonyl (C=O) groups excluding carboxylic acids is 1. The largest absolute Gasteiger partial charge is 0.465 e. The van der Waals surface area contributed by atoms with Crippen LogP contribution >= 0.6 is 0 Å². The van der Waals surface area contributed by atoms with Gasteiger partial charge >= 0.3 is 12.1 Å². The molecule has 19 heavy (non-hydrogen) atoms. The van der Waals surface area contributed by atoms with Crippen molar-refractivity contribution in [3.05, 3.63) is 35.1 Å². The van der Waals surface area contributed by atoms with Crippen LogP contribution in [-0.2, 0) is 22.5 Å². The zero-order chi connectivity index (χ0) is 14.0. The van der Waals surface area contributed by atoms with Gasteiger partial charge in [0.1, 0.15) is 11.9 Å². The van der Waals surface area contributed by atoms with E-state index in [0.717, 1.165) is 10.5 Å². The highest BCUT2D eigenvalue weighted by Crippen LogP contribution is 2.25. The number of benzene rings is 1. The van der Waals surface area contributed by atoms with E-state index in [1.807, 2.05) is 0 Å². The smallest absolute Gasteiger partial charge is 0.408 e. The average molecular weight is 267 g/mol. The number of ether oxygens (including phenoxy) is 1. The Morgan fingerprint density at radius 1 is 1.47 bits per heavy atom. The second-order valence-corrected chi connectivity index (χ2v) is 4.30. The Bertz CT molecular complexity index is 517. The zero-order valence-corrected chi connectivity index (χ0v) is 10.4. The summed E-state index contributed by atoms with van der Waals surface area (Å²) in [5.41, 5.74) is 1.36. The molecular weight excluding hydrogens is 253 g/mol. The topological polar surface area (TPSA) is 66.8 Å². The van der Waals surface area contributed by atoms with Crippen LogP contribution in [0.3, 0.4) is 0 Å². The summed E-state index contributed by atoms with van der Waals surface area (Å²) in [4.78, 5) is 24.0. The minimum Gasteiger partial charge on any atom is -0.465 e. The SMILES string of the molecule is CCOC(=O)[C@@H]1Cc2ccc(F)cc2CN1C(=O)O. The molecule has 102 valence electrons. The molecule has 0 radical (unpaired) electrons. The van der Waals surface area contributed by atoms with Crippen molar-refractivity contribution in [1.29, 1.82) is 0 Å². The van der Waals surface area contributed by atoms with Gasteiger partial charge in [0.25, 0.3) is 0 Å². The highest BCUT2D eigenvalue weighted by atomic mass is 19.1. The number of hydrogen-bond acceptors (Lipinski definition) is 3. The normalized spacial score (nSPS) is 17.8. The standard InChI is InChI=1S/C13H14FNO4/c1-2-19-12(16)11-6-8-3-4-10(14)5-9(8)7-15(11)13(17)18/h3-5,11H,2,6-7H2,1H3,(H,17,18)/t11-/m0/s1. The second-order valence-electron chi connectivity index (χ2n) is 4.30. The van der Waals surface area contributed by atoms with E-state index in [-0.39, 0.29) is 19.6 Å². The van der Waals surface area contributed by atoms with Crippen LogP contribution in [0.2, 0.25) is 0 Å². The Morgan fingerprint density at radius 2 is 2.21 bits per heavy atom. The van der Waals surface area contributed by atoms with Gasteiger partial charge < -0.3 is 9.84 Å². The third kappa shape index (κ3) is 2.67. The lowest BCUT2D eigenvalue weighted by atomic mass is 9.94. The van der Waals surface area contributed by atoms with Crippen molar-refractivity contribution in [2.24, 2.45) is 0 Å². The molecule has 1 atom stereocenters. The summed E-state index contributed by atoms with van der Waals surface area (Å²) in [5.74, 6) is -0.987. The molecule has 0 saturated carbocycles. The minimum absolute atomic E-state index is 0.00803. The second kappa shape index (κ2) is 5.26. The van der Waals surface area contributed by atoms with Crippen LogP contribution in [0.25, 0.3) is 0 Å². The van der Waals surface area contributed by atoms with Gasteiger partial charge in [-0.05, 0) is 30.2 Å². The van der Waals surface area contributed by atoms with E-state index in [1.54, 1.807) is 13.0 Å². The summed E-state index contributed by atoms with van der Waals surface area (Å²) in [6, 6.07) is 3.32. The van der Waals surface area contributed by atoms with Gasteiger partial charge in [0.15, 0.2) is 0 Å². The first kappa shape index (κ1) is 13.3. The number of halogens is 1. The van der Waals surface area contributed by atoms with E-state index in [4.69, 9.17) is 9.84 Å². The maximum atomic E-state index is 13.1. The molecule has 1 aliphatic rings. The third-order valence-corrected chi connectivity index (χ3v) is 3.10. The van der Waals surface area contributed by atoms with Crippen LogP contribution in [0.1, 0.15) is 18.1 Å². The van der Waals surface area contributed by atoms with Gasteiger partial charge in [-0.1, -0.05) is 6.07 Å². The Balaban J connectivity index is 2.32. The number of rotatable bonds is 2. The molecule has 1 aromatic carbocycles. The Morgan fingerprint density at radius 3 is 2.84 bits per heavy atom. The van der Waals surface area contributed by atoms with Crippen LogP contribution in [0, 0.1) is 5.82 Å². The van der Waals surface area contributed by atoms with E-state index in [2.05, 4.69) is 0 Å². The van der Waals surface area contributed by atoms with Gasteiger partial charge in [-0.3, -0.25) is 4.90 Å². The predicted molar refractivity (Wildman–Crippen MR) is 64.1 cm³/mol. The summed E-state index contributed by atoms with van der Waals surface area (Å²) in [6.45, 7) is 1.85. The molecule has 0 fully saturated rings. The third-order valence-electron chi connectivity index (χ3n) is 3.10. The highest BCUT2D eigenvalue weighted by molar-refractivity contribution is 5.81. The fourth-order valence-electron chi connectivity index (χ4n) is 2.20. The summed E-state index contributed by atoms with van der Waals surface area (Å²) >= 11 is 0. The first-order valence-corrected chi connectivity index (χ1v) is 5.96. The molecular formula is C13H14FNO4. The van der Waals surface area contributed by atoms with Gasteiger partial charge in [-0.25, -0.2) is 14.0 Å². The van der Waals surface area contributed by atoms with E-state index < -0.39 is 23.9 Å². The van der Waals surface area contributed by atoms with Crippen molar-refractivity contribution in [2.45, 2.75) is 25.9 Å². The average Bonchev–Trinajstić information content (AvgIpc) is 2.37. The molecule has 0 bridgehead atoms. The molecule has 2 rings (SSSR count).